The van der Waals surface area contributed by atoms with Gasteiger partial charge in [-0.15, -0.1) is 0 Å². The summed E-state index contributed by atoms with van der Waals surface area (Å²) in [6.07, 6.45) is -0.589. The standard InChI is InChI=1S/C20H27N3O4/c1-20(2,3)27-18(24)17-15-10-22(11-16(15)17)12-4-6-13(7-5-12)23-9-14(8-21)26-19(23)25/h4-7,14-17H,8-11,21H2,1-3H3/t14-,15-,16+,17?/m0/s1. The maximum absolute atomic E-state index is 12.3. The van der Waals surface area contributed by atoms with Crippen LogP contribution >= 0.6 is 0 Å². The number of rotatable bonds is 4. The summed E-state index contributed by atoms with van der Waals surface area (Å²) >= 11 is 0. The Kier molecular flexibility index (Phi) is 4.29. The molecule has 27 heavy (non-hydrogen) atoms. The molecule has 3 aliphatic rings. The fourth-order valence-electron chi connectivity index (χ4n) is 4.16. The van der Waals surface area contributed by atoms with Gasteiger partial charge in [0.2, 0.25) is 0 Å². The quantitative estimate of drug-likeness (QED) is 0.813. The van der Waals surface area contributed by atoms with E-state index in [1.54, 1.807) is 4.90 Å². The monoisotopic (exact) mass is 373 g/mol. The lowest BCUT2D eigenvalue weighted by atomic mass is 10.2. The molecule has 0 bridgehead atoms. The summed E-state index contributed by atoms with van der Waals surface area (Å²) in [5.41, 5.74) is 7.08. The van der Waals surface area contributed by atoms with Crippen LogP contribution in [-0.4, -0.2) is 49.9 Å². The number of piperidine rings is 1. The molecule has 146 valence electrons. The molecule has 7 heteroatoms. The molecule has 1 unspecified atom stereocenters. The van der Waals surface area contributed by atoms with Crippen LogP contribution in [0.15, 0.2) is 24.3 Å². The molecule has 4 atom stereocenters. The highest BCUT2D eigenvalue weighted by Crippen LogP contribution is 2.53. The van der Waals surface area contributed by atoms with E-state index in [0.29, 0.717) is 24.9 Å². The molecule has 1 aliphatic carbocycles. The minimum atomic E-state index is -0.427. The van der Waals surface area contributed by atoms with Crippen molar-refractivity contribution >= 4 is 23.4 Å². The zero-order chi connectivity index (χ0) is 19.3. The van der Waals surface area contributed by atoms with Gasteiger partial charge in [0.15, 0.2) is 0 Å². The van der Waals surface area contributed by atoms with E-state index in [0.717, 1.165) is 24.5 Å². The van der Waals surface area contributed by atoms with E-state index in [-0.39, 0.29) is 24.1 Å². The van der Waals surface area contributed by atoms with Gasteiger partial charge in [-0.05, 0) is 56.9 Å². The van der Waals surface area contributed by atoms with Crippen molar-refractivity contribution in [2.45, 2.75) is 32.5 Å². The van der Waals surface area contributed by atoms with Gasteiger partial charge in [-0.25, -0.2) is 4.79 Å². The molecular weight excluding hydrogens is 346 g/mol. The Hall–Kier alpha value is -2.28. The molecule has 2 N–H and O–H groups in total. The molecule has 1 aromatic rings. The number of hydrogen-bond acceptors (Lipinski definition) is 6. The van der Waals surface area contributed by atoms with Gasteiger partial charge in [-0.3, -0.25) is 9.69 Å². The van der Waals surface area contributed by atoms with Crippen molar-refractivity contribution in [3.05, 3.63) is 24.3 Å². The largest absolute Gasteiger partial charge is 0.460 e. The van der Waals surface area contributed by atoms with Crippen LogP contribution in [0.1, 0.15) is 20.8 Å². The molecule has 2 saturated heterocycles. The van der Waals surface area contributed by atoms with Gasteiger partial charge in [-0.1, -0.05) is 0 Å². The first-order valence-electron chi connectivity index (χ1n) is 9.53. The van der Waals surface area contributed by atoms with Crippen molar-refractivity contribution in [2.24, 2.45) is 23.5 Å². The lowest BCUT2D eigenvalue weighted by Gasteiger charge is -2.24. The van der Waals surface area contributed by atoms with Crippen molar-refractivity contribution < 1.29 is 19.1 Å². The number of fused-ring (bicyclic) bond motifs is 1. The smallest absolute Gasteiger partial charge is 0.414 e. The maximum atomic E-state index is 12.3. The molecule has 4 rings (SSSR count). The van der Waals surface area contributed by atoms with Gasteiger partial charge in [0.1, 0.15) is 11.7 Å². The number of nitrogens with zero attached hydrogens (tertiary/aromatic N) is 2. The molecule has 2 aliphatic heterocycles. The van der Waals surface area contributed by atoms with E-state index >= 15 is 0 Å². The van der Waals surface area contributed by atoms with Gasteiger partial charge in [0.25, 0.3) is 0 Å². The van der Waals surface area contributed by atoms with Crippen molar-refractivity contribution in [1.82, 2.24) is 0 Å². The van der Waals surface area contributed by atoms with Crippen LogP contribution in [0.3, 0.4) is 0 Å². The van der Waals surface area contributed by atoms with Crippen molar-refractivity contribution in [3.8, 4) is 0 Å². The first-order valence-corrected chi connectivity index (χ1v) is 9.53. The molecule has 1 saturated carbocycles. The molecular formula is C20H27N3O4. The molecule has 1 amide bonds. The summed E-state index contributed by atoms with van der Waals surface area (Å²) in [6.45, 7) is 8.27. The van der Waals surface area contributed by atoms with Gasteiger partial charge < -0.3 is 20.1 Å². The van der Waals surface area contributed by atoms with E-state index in [1.165, 1.54) is 0 Å². The second kappa shape index (κ2) is 6.41. The highest BCUT2D eigenvalue weighted by Gasteiger charge is 2.60. The van der Waals surface area contributed by atoms with Crippen molar-refractivity contribution in [3.63, 3.8) is 0 Å². The third-order valence-electron chi connectivity index (χ3n) is 5.54. The highest BCUT2D eigenvalue weighted by atomic mass is 16.6. The number of cyclic esters (lactones) is 1. The van der Waals surface area contributed by atoms with Gasteiger partial charge in [-0.2, -0.15) is 0 Å². The zero-order valence-corrected chi connectivity index (χ0v) is 16.1. The maximum Gasteiger partial charge on any atom is 0.414 e. The molecule has 2 heterocycles. The molecule has 1 aromatic carbocycles. The second-order valence-corrected chi connectivity index (χ2v) is 8.66. The Morgan fingerprint density at radius 2 is 1.74 bits per heavy atom. The molecule has 3 fully saturated rings. The third kappa shape index (κ3) is 3.48. The number of anilines is 2. The molecule has 0 spiro atoms. The highest BCUT2D eigenvalue weighted by molar-refractivity contribution is 5.90. The number of amides is 1. The number of carbonyl (C=O) groups is 2. The average Bonchev–Trinajstić information content (AvgIpc) is 2.93. The van der Waals surface area contributed by atoms with Crippen LogP contribution in [0.4, 0.5) is 16.2 Å². The number of nitrogens with two attached hydrogens (primary N) is 1. The Balaban J connectivity index is 1.35. The third-order valence-corrected chi connectivity index (χ3v) is 5.54. The summed E-state index contributed by atoms with van der Waals surface area (Å²) in [4.78, 5) is 28.1. The number of benzene rings is 1. The fraction of sp³-hybridized carbons (Fsp3) is 0.600. The van der Waals surface area contributed by atoms with Gasteiger partial charge >= 0.3 is 12.1 Å². The Morgan fingerprint density at radius 3 is 2.26 bits per heavy atom. The van der Waals surface area contributed by atoms with E-state index in [2.05, 4.69) is 4.90 Å². The van der Waals surface area contributed by atoms with Crippen molar-refractivity contribution in [1.29, 1.82) is 0 Å². The minimum absolute atomic E-state index is 0.0484. The Morgan fingerprint density at radius 1 is 1.15 bits per heavy atom. The SMILES string of the molecule is CC(C)(C)OC(=O)C1[C@H]2CN(c3ccc(N4C[C@H](CN)OC4=O)cc3)C[C@@H]12. The first kappa shape index (κ1) is 18.1. The lowest BCUT2D eigenvalue weighted by Crippen LogP contribution is -2.30. The van der Waals surface area contributed by atoms with Crippen LogP contribution in [-0.2, 0) is 14.3 Å². The first-order chi connectivity index (χ1) is 12.8. The van der Waals surface area contributed by atoms with Crippen molar-refractivity contribution in [2.75, 3.05) is 36.0 Å². The number of ether oxygens (including phenoxy) is 2. The van der Waals surface area contributed by atoms with Gasteiger partial charge in [0, 0.05) is 31.0 Å². The second-order valence-electron chi connectivity index (χ2n) is 8.66. The predicted octanol–water partition coefficient (Wildman–Crippen LogP) is 1.99. The Labute approximate surface area is 159 Å². The van der Waals surface area contributed by atoms with Crippen LogP contribution in [0.5, 0.6) is 0 Å². The zero-order valence-electron chi connectivity index (χ0n) is 16.1. The Bertz CT molecular complexity index is 731. The van der Waals surface area contributed by atoms with E-state index in [1.807, 2.05) is 45.0 Å². The summed E-state index contributed by atoms with van der Waals surface area (Å²) in [6, 6.07) is 7.91. The molecule has 0 radical (unpaired) electrons. The molecule has 0 aromatic heterocycles. The lowest BCUT2D eigenvalue weighted by molar-refractivity contribution is -0.157. The van der Waals surface area contributed by atoms with E-state index in [4.69, 9.17) is 15.2 Å². The van der Waals surface area contributed by atoms with Crippen LogP contribution in [0.2, 0.25) is 0 Å². The number of esters is 1. The fourth-order valence-corrected chi connectivity index (χ4v) is 4.16. The molecule has 7 nitrogen and oxygen atoms in total. The van der Waals surface area contributed by atoms with E-state index < -0.39 is 5.60 Å². The van der Waals surface area contributed by atoms with E-state index in [9.17, 15) is 9.59 Å². The average molecular weight is 373 g/mol. The van der Waals surface area contributed by atoms with Crippen LogP contribution < -0.4 is 15.5 Å². The summed E-state index contributed by atoms with van der Waals surface area (Å²) < 4.78 is 10.7. The normalized spacial score (nSPS) is 29.6. The van der Waals surface area contributed by atoms with Gasteiger partial charge in [0.05, 0.1) is 12.5 Å². The van der Waals surface area contributed by atoms with Crippen LogP contribution in [0, 0.1) is 17.8 Å². The summed E-state index contributed by atoms with van der Waals surface area (Å²) in [7, 11) is 0. The predicted molar refractivity (Wildman–Crippen MR) is 102 cm³/mol. The summed E-state index contributed by atoms with van der Waals surface area (Å²) in [5, 5.41) is 0. The van der Waals surface area contributed by atoms with Crippen LogP contribution in [0.25, 0.3) is 0 Å². The number of hydrogen-bond donors (Lipinski definition) is 1. The summed E-state index contributed by atoms with van der Waals surface area (Å²) in [5.74, 6) is 0.763. The number of carbonyl (C=O) groups excluding carboxylic acids is 2. The minimum Gasteiger partial charge on any atom is -0.460 e. The topological polar surface area (TPSA) is 85.1 Å².